The van der Waals surface area contributed by atoms with Gasteiger partial charge >= 0.3 is 0 Å². The number of ether oxygens (including phenoxy) is 2. The Kier molecular flexibility index (Phi) is 6.72. The zero-order valence-corrected chi connectivity index (χ0v) is 20.7. The zero-order chi connectivity index (χ0) is 25.4. The standard InChI is InChI=1S/C27H28ClN3O5/c1-27(2,34)18-9-7-16(8-10-18)15-3-5-17(6-4-15)24-20(28)12-21-25(30-24)31-26(29-21)36-19-11-22(33)23(13-32)35-14-19/h3-10,12,19,22-23,32-34H,11,13-14H2,1-2H3,(H,29,30,31)/t19-,22+,23?/m1/s1. The second-order valence-electron chi connectivity index (χ2n) is 9.54. The van der Waals surface area contributed by atoms with E-state index in [0.29, 0.717) is 28.3 Å². The van der Waals surface area contributed by atoms with Crippen LogP contribution in [0.5, 0.6) is 6.01 Å². The number of aromatic nitrogens is 3. The molecule has 0 amide bonds. The van der Waals surface area contributed by atoms with Crippen LogP contribution in [0.4, 0.5) is 0 Å². The van der Waals surface area contributed by atoms with Crippen LogP contribution < -0.4 is 4.74 Å². The summed E-state index contributed by atoms with van der Waals surface area (Å²) in [5, 5.41) is 29.9. The van der Waals surface area contributed by atoms with Gasteiger partial charge in [-0.3, -0.25) is 0 Å². The molecule has 3 heterocycles. The fourth-order valence-electron chi connectivity index (χ4n) is 4.29. The van der Waals surface area contributed by atoms with Crippen molar-refractivity contribution >= 4 is 22.8 Å². The summed E-state index contributed by atoms with van der Waals surface area (Å²) in [6, 6.07) is 17.8. The normalized spacial score (nSPS) is 20.6. The van der Waals surface area contributed by atoms with Gasteiger partial charge in [-0.05, 0) is 36.6 Å². The summed E-state index contributed by atoms with van der Waals surface area (Å²) in [4.78, 5) is 12.1. The first-order valence-electron chi connectivity index (χ1n) is 11.8. The number of H-pyrrole nitrogens is 1. The number of imidazole rings is 1. The molecule has 3 atom stereocenters. The molecule has 188 valence electrons. The number of halogens is 1. The highest BCUT2D eigenvalue weighted by Crippen LogP contribution is 2.32. The number of aliphatic hydroxyl groups excluding tert-OH is 2. The molecule has 2 aromatic heterocycles. The number of rotatable bonds is 6. The lowest BCUT2D eigenvalue weighted by Gasteiger charge is -2.31. The number of hydrogen-bond acceptors (Lipinski definition) is 7. The number of fused-ring (bicyclic) bond motifs is 1. The summed E-state index contributed by atoms with van der Waals surface area (Å²) < 4.78 is 11.3. The molecule has 0 radical (unpaired) electrons. The third-order valence-electron chi connectivity index (χ3n) is 6.38. The van der Waals surface area contributed by atoms with E-state index in [1.807, 2.05) is 48.5 Å². The van der Waals surface area contributed by atoms with E-state index in [9.17, 15) is 15.3 Å². The molecule has 5 rings (SSSR count). The second-order valence-corrected chi connectivity index (χ2v) is 9.95. The Labute approximate surface area is 213 Å². The third kappa shape index (κ3) is 5.09. The van der Waals surface area contributed by atoms with Crippen molar-refractivity contribution in [3.8, 4) is 28.4 Å². The largest absolute Gasteiger partial charge is 0.459 e. The van der Waals surface area contributed by atoms with E-state index in [1.54, 1.807) is 19.9 Å². The van der Waals surface area contributed by atoms with Crippen molar-refractivity contribution in [2.75, 3.05) is 13.2 Å². The van der Waals surface area contributed by atoms with E-state index in [0.717, 1.165) is 22.3 Å². The zero-order valence-electron chi connectivity index (χ0n) is 20.0. The van der Waals surface area contributed by atoms with Gasteiger partial charge in [-0.1, -0.05) is 60.1 Å². The molecule has 8 nitrogen and oxygen atoms in total. The molecule has 4 aromatic rings. The molecule has 1 unspecified atom stereocenters. The predicted octanol–water partition coefficient (Wildman–Crippen LogP) is 4.06. The molecule has 1 saturated heterocycles. The fraction of sp³-hybridized carbons (Fsp3) is 0.333. The van der Waals surface area contributed by atoms with Gasteiger partial charge in [0.15, 0.2) is 5.65 Å². The van der Waals surface area contributed by atoms with Crippen molar-refractivity contribution in [3.05, 3.63) is 65.2 Å². The number of nitrogens with one attached hydrogen (secondary N) is 1. The first-order chi connectivity index (χ1) is 17.2. The quantitative estimate of drug-likeness (QED) is 0.309. The Morgan fingerprint density at radius 1 is 1.06 bits per heavy atom. The van der Waals surface area contributed by atoms with Gasteiger partial charge in [-0.2, -0.15) is 4.98 Å². The maximum Gasteiger partial charge on any atom is 0.296 e. The van der Waals surface area contributed by atoms with Gasteiger partial charge < -0.3 is 29.8 Å². The number of aliphatic hydroxyl groups is 3. The Hall–Kier alpha value is -3.01. The average Bonchev–Trinajstić information content (AvgIpc) is 3.24. The monoisotopic (exact) mass is 509 g/mol. The first kappa shape index (κ1) is 24.7. The fourth-order valence-corrected chi connectivity index (χ4v) is 4.55. The van der Waals surface area contributed by atoms with Crippen molar-refractivity contribution < 1.29 is 24.8 Å². The molecular weight excluding hydrogens is 482 g/mol. The highest BCUT2D eigenvalue weighted by atomic mass is 35.5. The molecule has 2 aromatic carbocycles. The van der Waals surface area contributed by atoms with Crippen LogP contribution in [0.15, 0.2) is 54.6 Å². The van der Waals surface area contributed by atoms with Crippen molar-refractivity contribution in [2.24, 2.45) is 0 Å². The van der Waals surface area contributed by atoms with Gasteiger partial charge in [-0.15, -0.1) is 0 Å². The Bertz CT molecular complexity index is 1350. The van der Waals surface area contributed by atoms with Crippen LogP contribution in [0, 0.1) is 0 Å². The number of aromatic amines is 1. The van der Waals surface area contributed by atoms with E-state index in [2.05, 4.69) is 15.0 Å². The van der Waals surface area contributed by atoms with Gasteiger partial charge in [0.1, 0.15) is 12.2 Å². The number of nitrogens with zero attached hydrogens (tertiary/aromatic N) is 2. The molecule has 4 N–H and O–H groups in total. The molecule has 0 bridgehead atoms. The highest BCUT2D eigenvalue weighted by molar-refractivity contribution is 6.33. The summed E-state index contributed by atoms with van der Waals surface area (Å²) >= 11 is 6.56. The van der Waals surface area contributed by atoms with Gasteiger partial charge in [0, 0.05) is 12.0 Å². The lowest BCUT2D eigenvalue weighted by Crippen LogP contribution is -2.45. The number of benzene rings is 2. The van der Waals surface area contributed by atoms with Gasteiger partial charge in [0.05, 0.1) is 41.2 Å². The van der Waals surface area contributed by atoms with Crippen LogP contribution >= 0.6 is 11.6 Å². The third-order valence-corrected chi connectivity index (χ3v) is 6.66. The predicted molar refractivity (Wildman–Crippen MR) is 137 cm³/mol. The van der Waals surface area contributed by atoms with Crippen LogP contribution in [-0.2, 0) is 10.3 Å². The molecule has 0 spiro atoms. The summed E-state index contributed by atoms with van der Waals surface area (Å²) in [6.45, 7) is 3.53. The summed E-state index contributed by atoms with van der Waals surface area (Å²) in [6.07, 6.45) is -1.47. The van der Waals surface area contributed by atoms with Gasteiger partial charge in [0.2, 0.25) is 0 Å². The molecule has 0 saturated carbocycles. The number of hydrogen-bond donors (Lipinski definition) is 4. The van der Waals surface area contributed by atoms with E-state index in [-0.39, 0.29) is 19.2 Å². The molecule has 1 fully saturated rings. The SMILES string of the molecule is CC(C)(O)c1ccc(-c2ccc(-c3nc4nc(O[C@H]5COC(CO)[C@@H](O)C5)[nH]c4cc3Cl)cc2)cc1. The van der Waals surface area contributed by atoms with E-state index in [4.69, 9.17) is 21.1 Å². The van der Waals surface area contributed by atoms with Crippen molar-refractivity contribution in [2.45, 2.75) is 44.2 Å². The summed E-state index contributed by atoms with van der Waals surface area (Å²) in [5.41, 5.74) is 4.60. The summed E-state index contributed by atoms with van der Waals surface area (Å²) in [5.74, 6) is 0. The molecule has 1 aliphatic rings. The molecule has 36 heavy (non-hydrogen) atoms. The Morgan fingerprint density at radius 3 is 2.31 bits per heavy atom. The molecule has 1 aliphatic heterocycles. The number of pyridine rings is 1. The van der Waals surface area contributed by atoms with Crippen LogP contribution in [0.3, 0.4) is 0 Å². The van der Waals surface area contributed by atoms with Gasteiger partial charge in [0.25, 0.3) is 6.01 Å². The molecular formula is C27H28ClN3O5. The van der Waals surface area contributed by atoms with Crippen molar-refractivity contribution in [1.29, 1.82) is 0 Å². The van der Waals surface area contributed by atoms with E-state index in [1.165, 1.54) is 0 Å². The van der Waals surface area contributed by atoms with E-state index >= 15 is 0 Å². The van der Waals surface area contributed by atoms with Crippen molar-refractivity contribution in [1.82, 2.24) is 15.0 Å². The van der Waals surface area contributed by atoms with Crippen LogP contribution in [0.2, 0.25) is 5.02 Å². The van der Waals surface area contributed by atoms with Crippen molar-refractivity contribution in [3.63, 3.8) is 0 Å². The smallest absolute Gasteiger partial charge is 0.296 e. The van der Waals surface area contributed by atoms with Gasteiger partial charge in [-0.25, -0.2) is 4.98 Å². The minimum atomic E-state index is -0.880. The first-order valence-corrected chi connectivity index (χ1v) is 12.2. The Balaban J connectivity index is 1.34. The lowest BCUT2D eigenvalue weighted by molar-refractivity contribution is -0.131. The van der Waals surface area contributed by atoms with E-state index < -0.39 is 23.9 Å². The molecule has 9 heteroatoms. The lowest BCUT2D eigenvalue weighted by atomic mass is 9.95. The maximum atomic E-state index is 10.2. The van der Waals surface area contributed by atoms with Crippen LogP contribution in [0.25, 0.3) is 33.5 Å². The highest BCUT2D eigenvalue weighted by Gasteiger charge is 2.31. The van der Waals surface area contributed by atoms with Crippen LogP contribution in [-0.4, -0.2) is 61.8 Å². The Morgan fingerprint density at radius 2 is 1.69 bits per heavy atom. The second kappa shape index (κ2) is 9.80. The topological polar surface area (TPSA) is 121 Å². The minimum absolute atomic E-state index is 0.237. The molecule has 0 aliphatic carbocycles. The minimum Gasteiger partial charge on any atom is -0.459 e. The average molecular weight is 510 g/mol. The maximum absolute atomic E-state index is 10.2. The summed E-state index contributed by atoms with van der Waals surface area (Å²) in [7, 11) is 0. The van der Waals surface area contributed by atoms with Crippen LogP contribution in [0.1, 0.15) is 25.8 Å².